The zero-order valence-electron chi connectivity index (χ0n) is 7.67. The van der Waals surface area contributed by atoms with Gasteiger partial charge in [0, 0.05) is 6.54 Å². The predicted molar refractivity (Wildman–Crippen MR) is 53.9 cm³/mol. The van der Waals surface area contributed by atoms with E-state index in [9.17, 15) is 0 Å². The van der Waals surface area contributed by atoms with Gasteiger partial charge in [-0.05, 0) is 25.0 Å². The summed E-state index contributed by atoms with van der Waals surface area (Å²) in [6.07, 6.45) is 2.03. The monoisotopic (exact) mass is 161 g/mol. The molecule has 1 rings (SSSR count). The zero-order chi connectivity index (χ0) is 8.97. The Morgan fingerprint density at radius 2 is 1.92 bits per heavy atom. The second-order valence-electron chi connectivity index (χ2n) is 2.99. The molecule has 0 spiro atoms. The average molecular weight is 161 g/mol. The highest BCUT2D eigenvalue weighted by atomic mass is 14.5. The van der Waals surface area contributed by atoms with Crippen LogP contribution in [-0.2, 0) is 0 Å². The summed E-state index contributed by atoms with van der Waals surface area (Å²) in [5.74, 6) is 0. The van der Waals surface area contributed by atoms with Gasteiger partial charge in [0.25, 0.3) is 0 Å². The van der Waals surface area contributed by atoms with Gasteiger partial charge in [0.1, 0.15) is 0 Å². The van der Waals surface area contributed by atoms with Crippen molar-refractivity contribution >= 4 is 5.57 Å². The molecule has 1 heteroatoms. The van der Waals surface area contributed by atoms with Crippen LogP contribution in [0.15, 0.2) is 30.3 Å². The molecule has 64 valence electrons. The van der Waals surface area contributed by atoms with E-state index < -0.39 is 0 Å². The van der Waals surface area contributed by atoms with Crippen LogP contribution in [0.3, 0.4) is 0 Å². The highest BCUT2D eigenvalue weighted by Gasteiger charge is 1.92. The molecule has 0 saturated heterocycles. The second-order valence-corrected chi connectivity index (χ2v) is 2.99. The first-order chi connectivity index (χ1) is 5.74. The first-order valence-electron chi connectivity index (χ1n) is 4.18. The number of benzene rings is 1. The first-order valence-corrected chi connectivity index (χ1v) is 4.18. The fraction of sp³-hybridized carbons (Fsp3) is 0.273. The van der Waals surface area contributed by atoms with E-state index in [1.807, 2.05) is 6.08 Å². The Morgan fingerprint density at radius 1 is 1.33 bits per heavy atom. The number of allylic oxidation sites excluding steroid dienone is 1. The molecule has 0 aliphatic rings. The summed E-state index contributed by atoms with van der Waals surface area (Å²) in [4.78, 5) is 0. The summed E-state index contributed by atoms with van der Waals surface area (Å²) < 4.78 is 0. The number of hydrogen-bond donors (Lipinski definition) is 1. The number of rotatable bonds is 2. The summed E-state index contributed by atoms with van der Waals surface area (Å²) in [6, 6.07) is 8.47. The molecule has 0 atom stereocenters. The predicted octanol–water partition coefficient (Wildman–Crippen LogP) is 2.36. The van der Waals surface area contributed by atoms with Crippen molar-refractivity contribution in [3.8, 4) is 0 Å². The maximum Gasteiger partial charge on any atom is 0.0112 e. The molecule has 0 heterocycles. The van der Waals surface area contributed by atoms with E-state index in [1.54, 1.807) is 0 Å². The van der Waals surface area contributed by atoms with Gasteiger partial charge in [-0.3, -0.25) is 0 Å². The summed E-state index contributed by atoms with van der Waals surface area (Å²) in [5, 5.41) is 0. The number of aryl methyl sites for hydroxylation is 1. The summed E-state index contributed by atoms with van der Waals surface area (Å²) in [5.41, 5.74) is 9.21. The third-order valence-electron chi connectivity index (χ3n) is 1.93. The minimum absolute atomic E-state index is 0.611. The highest BCUT2D eigenvalue weighted by molar-refractivity contribution is 5.63. The lowest BCUT2D eigenvalue weighted by Crippen LogP contribution is -1.94. The number of hydrogen-bond acceptors (Lipinski definition) is 1. The highest BCUT2D eigenvalue weighted by Crippen LogP contribution is 2.13. The minimum atomic E-state index is 0.611. The largest absolute Gasteiger partial charge is 0.327 e. The molecule has 0 fully saturated rings. The van der Waals surface area contributed by atoms with E-state index >= 15 is 0 Å². The normalized spacial score (nSPS) is 11.8. The van der Waals surface area contributed by atoms with Gasteiger partial charge < -0.3 is 5.73 Å². The molecule has 1 nitrogen and oxygen atoms in total. The van der Waals surface area contributed by atoms with E-state index in [0.717, 1.165) is 0 Å². The average Bonchev–Trinajstić information content (AvgIpc) is 2.06. The lowest BCUT2D eigenvalue weighted by Gasteiger charge is -2.00. The van der Waals surface area contributed by atoms with Crippen LogP contribution >= 0.6 is 0 Å². The minimum Gasteiger partial charge on any atom is -0.327 e. The SMILES string of the molecule is CC(=CCN)c1ccc(C)cc1. The third kappa shape index (κ3) is 2.21. The maximum atomic E-state index is 5.42. The van der Waals surface area contributed by atoms with Gasteiger partial charge in [0.15, 0.2) is 0 Å². The topological polar surface area (TPSA) is 26.0 Å². The molecule has 0 saturated carbocycles. The molecule has 12 heavy (non-hydrogen) atoms. The molecule has 2 N–H and O–H groups in total. The Kier molecular flexibility index (Phi) is 3.06. The van der Waals surface area contributed by atoms with Crippen LogP contribution in [0, 0.1) is 6.92 Å². The van der Waals surface area contributed by atoms with Crippen molar-refractivity contribution in [1.82, 2.24) is 0 Å². The number of nitrogens with two attached hydrogens (primary N) is 1. The molecule has 1 aromatic carbocycles. The van der Waals surface area contributed by atoms with Crippen LogP contribution in [0.1, 0.15) is 18.1 Å². The molecule has 0 aliphatic heterocycles. The van der Waals surface area contributed by atoms with Crippen LogP contribution in [0.4, 0.5) is 0 Å². The molecule has 0 bridgehead atoms. The van der Waals surface area contributed by atoms with Gasteiger partial charge in [-0.1, -0.05) is 35.9 Å². The van der Waals surface area contributed by atoms with Crippen molar-refractivity contribution in [2.75, 3.05) is 6.54 Å². The van der Waals surface area contributed by atoms with E-state index in [-0.39, 0.29) is 0 Å². The molecule has 1 aromatic rings. The van der Waals surface area contributed by atoms with Gasteiger partial charge in [-0.2, -0.15) is 0 Å². The van der Waals surface area contributed by atoms with Crippen LogP contribution in [0.5, 0.6) is 0 Å². The van der Waals surface area contributed by atoms with Crippen molar-refractivity contribution in [1.29, 1.82) is 0 Å². The quantitative estimate of drug-likeness (QED) is 0.708. The van der Waals surface area contributed by atoms with Crippen molar-refractivity contribution in [2.24, 2.45) is 5.73 Å². The van der Waals surface area contributed by atoms with Gasteiger partial charge >= 0.3 is 0 Å². The Hall–Kier alpha value is -1.08. The van der Waals surface area contributed by atoms with Crippen LogP contribution in [-0.4, -0.2) is 6.54 Å². The Morgan fingerprint density at radius 3 is 2.42 bits per heavy atom. The van der Waals surface area contributed by atoms with Crippen LogP contribution < -0.4 is 5.73 Å². The maximum absolute atomic E-state index is 5.42. The van der Waals surface area contributed by atoms with Crippen molar-refractivity contribution in [3.63, 3.8) is 0 Å². The van der Waals surface area contributed by atoms with Crippen molar-refractivity contribution in [3.05, 3.63) is 41.5 Å². The standard InChI is InChI=1S/C11H15N/c1-9-3-5-11(6-4-9)10(2)7-8-12/h3-7H,8,12H2,1-2H3. The van der Waals surface area contributed by atoms with Crippen LogP contribution in [0.25, 0.3) is 5.57 Å². The zero-order valence-corrected chi connectivity index (χ0v) is 7.67. The van der Waals surface area contributed by atoms with Crippen LogP contribution in [0.2, 0.25) is 0 Å². The molecule has 0 unspecified atom stereocenters. The van der Waals surface area contributed by atoms with Gasteiger partial charge in [0.2, 0.25) is 0 Å². The smallest absolute Gasteiger partial charge is 0.0112 e. The fourth-order valence-electron chi connectivity index (χ4n) is 1.11. The molecule has 0 amide bonds. The fourth-order valence-corrected chi connectivity index (χ4v) is 1.11. The summed E-state index contributed by atoms with van der Waals surface area (Å²) in [6.45, 7) is 4.78. The van der Waals surface area contributed by atoms with Gasteiger partial charge in [-0.25, -0.2) is 0 Å². The van der Waals surface area contributed by atoms with Gasteiger partial charge in [0.05, 0.1) is 0 Å². The Balaban J connectivity index is 2.89. The van der Waals surface area contributed by atoms with Crippen molar-refractivity contribution in [2.45, 2.75) is 13.8 Å². The molecule has 0 aliphatic carbocycles. The van der Waals surface area contributed by atoms with E-state index in [4.69, 9.17) is 5.73 Å². The summed E-state index contributed by atoms with van der Waals surface area (Å²) >= 11 is 0. The lowest BCUT2D eigenvalue weighted by molar-refractivity contribution is 1.25. The van der Waals surface area contributed by atoms with Crippen molar-refractivity contribution < 1.29 is 0 Å². The Labute approximate surface area is 73.9 Å². The van der Waals surface area contributed by atoms with E-state index in [2.05, 4.69) is 38.1 Å². The lowest BCUT2D eigenvalue weighted by atomic mass is 10.1. The van der Waals surface area contributed by atoms with E-state index in [1.165, 1.54) is 16.7 Å². The molecule has 0 aromatic heterocycles. The molecular formula is C11H15N. The first kappa shape index (κ1) is 9.01. The molecule has 0 radical (unpaired) electrons. The van der Waals surface area contributed by atoms with Gasteiger partial charge in [-0.15, -0.1) is 0 Å². The van der Waals surface area contributed by atoms with E-state index in [0.29, 0.717) is 6.54 Å². The third-order valence-corrected chi connectivity index (χ3v) is 1.93. The Bertz CT molecular complexity index is 270. The summed E-state index contributed by atoms with van der Waals surface area (Å²) in [7, 11) is 0. The molecular weight excluding hydrogens is 146 g/mol. The second kappa shape index (κ2) is 4.07.